The number of rotatable bonds is 6. The minimum atomic E-state index is -0.467. The van der Waals surface area contributed by atoms with Gasteiger partial charge in [0.15, 0.2) is 12.4 Å². The van der Waals surface area contributed by atoms with E-state index in [1.807, 2.05) is 19.9 Å². The first kappa shape index (κ1) is 14.0. The lowest BCUT2D eigenvalue weighted by Gasteiger charge is -2.02. The largest absolute Gasteiger partial charge is 0.462 e. The van der Waals surface area contributed by atoms with Crippen LogP contribution in [0.1, 0.15) is 30.7 Å². The Hall–Kier alpha value is -2.44. The van der Waals surface area contributed by atoms with Gasteiger partial charge in [-0.2, -0.15) is 0 Å². The van der Waals surface area contributed by atoms with Crippen molar-refractivity contribution < 1.29 is 13.9 Å². The summed E-state index contributed by atoms with van der Waals surface area (Å²) in [7, 11) is 0. The maximum absolute atomic E-state index is 11.6. The van der Waals surface area contributed by atoms with Crippen molar-refractivity contribution in [3.8, 4) is 0 Å². The molecule has 0 spiro atoms. The highest BCUT2D eigenvalue weighted by Crippen LogP contribution is 2.08. The van der Waals surface area contributed by atoms with Crippen molar-refractivity contribution in [1.82, 2.24) is 20.2 Å². The Morgan fingerprint density at radius 2 is 2.35 bits per heavy atom. The predicted molar refractivity (Wildman–Crippen MR) is 70.4 cm³/mol. The van der Waals surface area contributed by atoms with Crippen molar-refractivity contribution in [3.63, 3.8) is 0 Å². The predicted octanol–water partition coefficient (Wildman–Crippen LogP) is 1.74. The van der Waals surface area contributed by atoms with Gasteiger partial charge < -0.3 is 9.15 Å². The Morgan fingerprint density at radius 1 is 1.50 bits per heavy atom. The van der Waals surface area contributed by atoms with Gasteiger partial charge in [-0.15, -0.1) is 5.10 Å². The molecule has 106 valence electrons. The van der Waals surface area contributed by atoms with E-state index >= 15 is 0 Å². The van der Waals surface area contributed by atoms with Gasteiger partial charge in [-0.3, -0.25) is 0 Å². The molecule has 20 heavy (non-hydrogen) atoms. The number of furan rings is 1. The van der Waals surface area contributed by atoms with Crippen LogP contribution in [0.3, 0.4) is 0 Å². The van der Waals surface area contributed by atoms with Crippen LogP contribution in [-0.2, 0) is 22.7 Å². The summed E-state index contributed by atoms with van der Waals surface area (Å²) in [6, 6.07) is 3.60. The third kappa shape index (κ3) is 3.78. The van der Waals surface area contributed by atoms with E-state index in [9.17, 15) is 4.79 Å². The SMILES string of the molecule is CCCn1nnnc1COC(=O)/C=C/c1ccc(C)o1. The van der Waals surface area contributed by atoms with Crippen molar-refractivity contribution in [2.24, 2.45) is 0 Å². The molecular formula is C13H16N4O3. The molecule has 7 nitrogen and oxygen atoms in total. The van der Waals surface area contributed by atoms with Crippen LogP contribution in [0.25, 0.3) is 6.08 Å². The van der Waals surface area contributed by atoms with Gasteiger partial charge in [0.2, 0.25) is 0 Å². The number of hydrogen-bond acceptors (Lipinski definition) is 6. The van der Waals surface area contributed by atoms with Crippen molar-refractivity contribution in [1.29, 1.82) is 0 Å². The first-order valence-corrected chi connectivity index (χ1v) is 6.35. The first-order chi connectivity index (χ1) is 9.69. The van der Waals surface area contributed by atoms with Crippen molar-refractivity contribution in [3.05, 3.63) is 35.6 Å². The molecular weight excluding hydrogens is 260 g/mol. The summed E-state index contributed by atoms with van der Waals surface area (Å²) in [5.74, 6) is 1.46. The Labute approximate surface area is 116 Å². The summed E-state index contributed by atoms with van der Waals surface area (Å²) in [5.41, 5.74) is 0. The molecule has 0 aliphatic rings. The Kier molecular flexibility index (Phi) is 4.65. The van der Waals surface area contributed by atoms with Crippen LogP contribution in [0.4, 0.5) is 0 Å². The number of hydrogen-bond donors (Lipinski definition) is 0. The van der Waals surface area contributed by atoms with Gasteiger partial charge in [0.25, 0.3) is 0 Å². The molecule has 0 amide bonds. The number of tetrazole rings is 1. The molecule has 0 unspecified atom stereocenters. The first-order valence-electron chi connectivity index (χ1n) is 6.35. The fourth-order valence-corrected chi connectivity index (χ4v) is 1.59. The molecule has 0 atom stereocenters. The van der Waals surface area contributed by atoms with E-state index in [2.05, 4.69) is 15.5 Å². The van der Waals surface area contributed by atoms with Crippen LogP contribution in [0, 0.1) is 6.92 Å². The van der Waals surface area contributed by atoms with Crippen LogP contribution < -0.4 is 0 Å². The van der Waals surface area contributed by atoms with E-state index in [-0.39, 0.29) is 6.61 Å². The lowest BCUT2D eigenvalue weighted by Crippen LogP contribution is -2.09. The van der Waals surface area contributed by atoms with Crippen LogP contribution in [0.2, 0.25) is 0 Å². The second kappa shape index (κ2) is 6.65. The third-order valence-corrected chi connectivity index (χ3v) is 2.53. The molecule has 0 aliphatic heterocycles. The second-order valence-electron chi connectivity index (χ2n) is 4.21. The number of carbonyl (C=O) groups excluding carboxylic acids is 1. The Morgan fingerprint density at radius 3 is 3.05 bits per heavy atom. The summed E-state index contributed by atoms with van der Waals surface area (Å²) >= 11 is 0. The average Bonchev–Trinajstić information content (AvgIpc) is 3.04. The molecule has 0 bridgehead atoms. The lowest BCUT2D eigenvalue weighted by molar-refractivity contribution is -0.139. The molecule has 2 heterocycles. The topological polar surface area (TPSA) is 83.0 Å². The molecule has 2 rings (SSSR count). The molecule has 7 heteroatoms. The molecule has 0 aliphatic carbocycles. The molecule has 0 fully saturated rings. The fourth-order valence-electron chi connectivity index (χ4n) is 1.59. The van der Waals surface area contributed by atoms with E-state index in [1.165, 1.54) is 6.08 Å². The highest BCUT2D eigenvalue weighted by Gasteiger charge is 2.07. The smallest absolute Gasteiger partial charge is 0.331 e. The van der Waals surface area contributed by atoms with Crippen LogP contribution >= 0.6 is 0 Å². The number of esters is 1. The van der Waals surface area contributed by atoms with E-state index in [0.717, 1.165) is 12.2 Å². The second-order valence-corrected chi connectivity index (χ2v) is 4.21. The maximum atomic E-state index is 11.6. The van der Waals surface area contributed by atoms with Crippen LogP contribution in [-0.4, -0.2) is 26.2 Å². The van der Waals surface area contributed by atoms with Gasteiger partial charge in [0, 0.05) is 12.6 Å². The van der Waals surface area contributed by atoms with E-state index in [0.29, 0.717) is 18.1 Å². The maximum Gasteiger partial charge on any atom is 0.331 e. The van der Waals surface area contributed by atoms with Gasteiger partial charge in [-0.05, 0) is 42.0 Å². The molecule has 0 aromatic carbocycles. The van der Waals surface area contributed by atoms with Gasteiger partial charge in [-0.25, -0.2) is 9.48 Å². The molecule has 2 aromatic rings. The van der Waals surface area contributed by atoms with Crippen molar-refractivity contribution in [2.45, 2.75) is 33.4 Å². The summed E-state index contributed by atoms with van der Waals surface area (Å²) in [5, 5.41) is 11.2. The van der Waals surface area contributed by atoms with E-state index < -0.39 is 5.97 Å². The number of carbonyl (C=O) groups is 1. The zero-order valence-corrected chi connectivity index (χ0v) is 11.4. The monoisotopic (exact) mass is 276 g/mol. The average molecular weight is 276 g/mol. The van der Waals surface area contributed by atoms with Crippen LogP contribution in [0.15, 0.2) is 22.6 Å². The third-order valence-electron chi connectivity index (χ3n) is 2.53. The number of aromatic nitrogens is 4. The molecule has 0 saturated carbocycles. The minimum absolute atomic E-state index is 0.0490. The van der Waals surface area contributed by atoms with Crippen molar-refractivity contribution in [2.75, 3.05) is 0 Å². The van der Waals surface area contributed by atoms with Crippen molar-refractivity contribution >= 4 is 12.0 Å². The Bertz CT molecular complexity index is 600. The van der Waals surface area contributed by atoms with E-state index in [4.69, 9.17) is 9.15 Å². The van der Waals surface area contributed by atoms with Gasteiger partial charge in [-0.1, -0.05) is 6.92 Å². The Balaban J connectivity index is 1.85. The number of nitrogens with zero attached hydrogens (tertiary/aromatic N) is 4. The zero-order valence-electron chi connectivity index (χ0n) is 11.4. The summed E-state index contributed by atoms with van der Waals surface area (Å²) in [6.45, 7) is 4.60. The van der Waals surface area contributed by atoms with Gasteiger partial charge >= 0.3 is 5.97 Å². The standard InChI is InChI=1S/C13H16N4O3/c1-3-8-17-12(14-15-16-17)9-19-13(18)7-6-11-5-4-10(2)20-11/h4-7H,3,8-9H2,1-2H3/b7-6+. The minimum Gasteiger partial charge on any atom is -0.462 e. The highest BCUT2D eigenvalue weighted by atomic mass is 16.5. The molecule has 2 aromatic heterocycles. The fraction of sp³-hybridized carbons (Fsp3) is 0.385. The summed E-state index contributed by atoms with van der Waals surface area (Å²) in [6.07, 6.45) is 3.78. The molecule has 0 saturated heterocycles. The number of aryl methyl sites for hydroxylation is 2. The quantitative estimate of drug-likeness (QED) is 0.590. The zero-order chi connectivity index (χ0) is 14.4. The van der Waals surface area contributed by atoms with Gasteiger partial charge in [0.05, 0.1) is 0 Å². The lowest BCUT2D eigenvalue weighted by atomic mass is 10.4. The van der Waals surface area contributed by atoms with Gasteiger partial charge in [0.1, 0.15) is 11.5 Å². The normalized spacial score (nSPS) is 11.1. The summed E-state index contributed by atoms with van der Waals surface area (Å²) < 4.78 is 12.0. The number of ether oxygens (including phenoxy) is 1. The van der Waals surface area contributed by atoms with Crippen LogP contribution in [0.5, 0.6) is 0 Å². The summed E-state index contributed by atoms with van der Waals surface area (Å²) in [4.78, 5) is 11.6. The highest BCUT2D eigenvalue weighted by molar-refractivity contribution is 5.86. The molecule has 0 N–H and O–H groups in total. The molecule has 0 radical (unpaired) electrons. The van der Waals surface area contributed by atoms with E-state index in [1.54, 1.807) is 16.8 Å².